The number of ether oxygens (including phenoxy) is 1. The zero-order valence-corrected chi connectivity index (χ0v) is 13.5. The fourth-order valence-corrected chi connectivity index (χ4v) is 5.09. The van der Waals surface area contributed by atoms with Crippen LogP contribution in [0.2, 0.25) is 0 Å². The van der Waals surface area contributed by atoms with Crippen molar-refractivity contribution in [1.82, 2.24) is 4.72 Å². The molecule has 5 nitrogen and oxygen atoms in total. The number of hydrogen-bond donors (Lipinski definition) is 1. The van der Waals surface area contributed by atoms with E-state index in [4.69, 9.17) is 9.15 Å². The Labute approximate surface area is 135 Å². The van der Waals surface area contributed by atoms with Crippen molar-refractivity contribution in [2.24, 2.45) is 5.41 Å². The van der Waals surface area contributed by atoms with Crippen molar-refractivity contribution in [3.8, 4) is 0 Å². The summed E-state index contributed by atoms with van der Waals surface area (Å²) in [5.74, 6) is 0. The molecule has 1 spiro atoms. The molecule has 1 aliphatic heterocycles. The van der Waals surface area contributed by atoms with Crippen LogP contribution in [-0.4, -0.2) is 21.6 Å². The molecule has 4 rings (SSSR count). The first kappa shape index (κ1) is 14.9. The van der Waals surface area contributed by atoms with Crippen molar-refractivity contribution < 1.29 is 17.6 Å². The summed E-state index contributed by atoms with van der Waals surface area (Å²) in [5, 5.41) is 0. The van der Waals surface area contributed by atoms with Crippen molar-refractivity contribution in [1.29, 1.82) is 0 Å². The number of furan rings is 1. The Morgan fingerprint density at radius 1 is 1.13 bits per heavy atom. The van der Waals surface area contributed by atoms with Gasteiger partial charge in [-0.3, -0.25) is 0 Å². The van der Waals surface area contributed by atoms with Crippen LogP contribution in [0.15, 0.2) is 52.2 Å². The largest absolute Gasteiger partial charge is 0.471 e. The van der Waals surface area contributed by atoms with E-state index in [1.165, 1.54) is 24.2 Å². The Kier molecular flexibility index (Phi) is 3.55. The van der Waals surface area contributed by atoms with Gasteiger partial charge < -0.3 is 9.15 Å². The number of nitrogens with one attached hydrogen (secondary N) is 1. The smallest absolute Gasteiger partial charge is 0.244 e. The van der Waals surface area contributed by atoms with Gasteiger partial charge in [-0.05, 0) is 41.9 Å². The Morgan fingerprint density at radius 2 is 1.91 bits per heavy atom. The van der Waals surface area contributed by atoms with Gasteiger partial charge in [0, 0.05) is 13.2 Å². The van der Waals surface area contributed by atoms with E-state index in [0.29, 0.717) is 13.2 Å². The molecule has 0 bridgehead atoms. The summed E-state index contributed by atoms with van der Waals surface area (Å²) in [4.78, 5) is 0.170. The molecule has 23 heavy (non-hydrogen) atoms. The molecule has 6 heteroatoms. The Bertz CT molecular complexity index is 792. The number of hydrogen-bond acceptors (Lipinski definition) is 4. The lowest BCUT2D eigenvalue weighted by molar-refractivity contribution is 0.00411. The number of sulfonamides is 1. The molecule has 2 aliphatic rings. The quantitative estimate of drug-likeness (QED) is 0.937. The second-order valence-corrected chi connectivity index (χ2v) is 8.08. The van der Waals surface area contributed by atoms with Crippen LogP contribution in [0.4, 0.5) is 0 Å². The topological polar surface area (TPSA) is 68.5 Å². The Hall–Kier alpha value is -1.63. The highest BCUT2D eigenvalue weighted by molar-refractivity contribution is 7.89. The molecular weight excluding hydrogens is 314 g/mol. The van der Waals surface area contributed by atoms with Crippen LogP contribution in [-0.2, 0) is 21.2 Å². The van der Waals surface area contributed by atoms with E-state index in [0.717, 1.165) is 24.8 Å². The SMILES string of the molecule is O=S(=O)(NC1c2ccccc2CC12CCOCC2)c1ccoc1. The minimum absolute atomic E-state index is 0.0985. The third-order valence-electron chi connectivity index (χ3n) is 5.09. The van der Waals surface area contributed by atoms with Gasteiger partial charge in [0.1, 0.15) is 11.2 Å². The lowest BCUT2D eigenvalue weighted by atomic mass is 9.75. The van der Waals surface area contributed by atoms with Crippen LogP contribution in [0.3, 0.4) is 0 Å². The van der Waals surface area contributed by atoms with Crippen molar-refractivity contribution in [2.75, 3.05) is 13.2 Å². The van der Waals surface area contributed by atoms with Gasteiger partial charge >= 0.3 is 0 Å². The fraction of sp³-hybridized carbons (Fsp3) is 0.412. The summed E-state index contributed by atoms with van der Waals surface area (Å²) in [6.07, 6.45) is 5.26. The molecule has 1 aliphatic carbocycles. The molecule has 2 aromatic rings. The van der Waals surface area contributed by atoms with Crippen LogP contribution in [0, 0.1) is 5.41 Å². The van der Waals surface area contributed by atoms with E-state index < -0.39 is 10.0 Å². The summed E-state index contributed by atoms with van der Waals surface area (Å²) in [5.41, 5.74) is 2.22. The maximum atomic E-state index is 12.7. The number of rotatable bonds is 3. The van der Waals surface area contributed by atoms with Gasteiger partial charge in [0.25, 0.3) is 0 Å². The van der Waals surface area contributed by atoms with Gasteiger partial charge in [0.15, 0.2) is 0 Å². The molecule has 1 N–H and O–H groups in total. The second-order valence-electron chi connectivity index (χ2n) is 6.36. The predicted molar refractivity (Wildman–Crippen MR) is 84.4 cm³/mol. The molecule has 1 atom stereocenters. The van der Waals surface area contributed by atoms with E-state index in [-0.39, 0.29) is 16.4 Å². The lowest BCUT2D eigenvalue weighted by Crippen LogP contribution is -2.42. The molecule has 1 aromatic carbocycles. The van der Waals surface area contributed by atoms with Gasteiger partial charge in [-0.2, -0.15) is 0 Å². The molecule has 1 saturated heterocycles. The van der Waals surface area contributed by atoms with Crippen LogP contribution in [0.1, 0.15) is 30.0 Å². The van der Waals surface area contributed by atoms with Crippen molar-refractivity contribution >= 4 is 10.0 Å². The average Bonchev–Trinajstić information content (AvgIpc) is 3.17. The Balaban J connectivity index is 1.74. The molecule has 0 radical (unpaired) electrons. The standard InChI is InChI=1S/C17H19NO4S/c19-23(20,14-5-8-22-12-14)18-16-15-4-2-1-3-13(15)11-17(16)6-9-21-10-7-17/h1-5,8,12,16,18H,6-7,9-11H2. The highest BCUT2D eigenvalue weighted by atomic mass is 32.2. The highest BCUT2D eigenvalue weighted by Crippen LogP contribution is 2.52. The van der Waals surface area contributed by atoms with E-state index in [2.05, 4.69) is 10.8 Å². The van der Waals surface area contributed by atoms with Crippen LogP contribution in [0.5, 0.6) is 0 Å². The van der Waals surface area contributed by atoms with Crippen LogP contribution < -0.4 is 4.72 Å². The van der Waals surface area contributed by atoms with E-state index in [1.54, 1.807) is 0 Å². The summed E-state index contributed by atoms with van der Waals surface area (Å²) < 4.78 is 38.7. The van der Waals surface area contributed by atoms with Crippen molar-refractivity contribution in [3.05, 3.63) is 54.0 Å². The van der Waals surface area contributed by atoms with Gasteiger partial charge in [-0.25, -0.2) is 13.1 Å². The lowest BCUT2D eigenvalue weighted by Gasteiger charge is -2.39. The monoisotopic (exact) mass is 333 g/mol. The summed E-state index contributed by atoms with van der Waals surface area (Å²) in [6, 6.07) is 9.36. The first-order valence-corrected chi connectivity index (χ1v) is 9.29. The molecule has 122 valence electrons. The van der Waals surface area contributed by atoms with Gasteiger partial charge in [0.05, 0.1) is 12.3 Å². The minimum atomic E-state index is -3.60. The van der Waals surface area contributed by atoms with E-state index >= 15 is 0 Å². The van der Waals surface area contributed by atoms with E-state index in [9.17, 15) is 8.42 Å². The summed E-state index contributed by atoms with van der Waals surface area (Å²) >= 11 is 0. The summed E-state index contributed by atoms with van der Waals surface area (Å²) in [6.45, 7) is 1.36. The zero-order chi connectivity index (χ0) is 15.9. The molecule has 0 amide bonds. The van der Waals surface area contributed by atoms with Gasteiger partial charge in [0.2, 0.25) is 10.0 Å². The van der Waals surface area contributed by atoms with Crippen molar-refractivity contribution in [3.63, 3.8) is 0 Å². The maximum absolute atomic E-state index is 12.7. The minimum Gasteiger partial charge on any atom is -0.471 e. The normalized spacial score (nSPS) is 23.0. The molecule has 1 aromatic heterocycles. The first-order chi connectivity index (χ1) is 11.1. The number of benzene rings is 1. The van der Waals surface area contributed by atoms with Crippen LogP contribution >= 0.6 is 0 Å². The third kappa shape index (κ3) is 2.51. The number of fused-ring (bicyclic) bond motifs is 1. The van der Waals surface area contributed by atoms with E-state index in [1.807, 2.05) is 18.2 Å². The molecule has 2 heterocycles. The zero-order valence-electron chi connectivity index (χ0n) is 12.7. The summed E-state index contributed by atoms with van der Waals surface area (Å²) in [7, 11) is -3.60. The second kappa shape index (κ2) is 5.47. The molecule has 1 unspecified atom stereocenters. The van der Waals surface area contributed by atoms with Gasteiger partial charge in [-0.1, -0.05) is 24.3 Å². The van der Waals surface area contributed by atoms with Crippen molar-refractivity contribution in [2.45, 2.75) is 30.2 Å². The van der Waals surface area contributed by atoms with Gasteiger partial charge in [-0.15, -0.1) is 0 Å². The highest BCUT2D eigenvalue weighted by Gasteiger charge is 2.48. The Morgan fingerprint density at radius 3 is 2.65 bits per heavy atom. The molecular formula is C17H19NO4S. The third-order valence-corrected chi connectivity index (χ3v) is 6.49. The average molecular weight is 333 g/mol. The molecule has 0 saturated carbocycles. The fourth-order valence-electron chi connectivity index (χ4n) is 3.85. The predicted octanol–water partition coefficient (Wildman–Crippen LogP) is 2.65. The first-order valence-electron chi connectivity index (χ1n) is 7.81. The maximum Gasteiger partial charge on any atom is 0.244 e. The van der Waals surface area contributed by atoms with Crippen LogP contribution in [0.25, 0.3) is 0 Å². The molecule has 1 fully saturated rings.